The van der Waals surface area contributed by atoms with Crippen LogP contribution in [0.2, 0.25) is 0 Å². The van der Waals surface area contributed by atoms with Gasteiger partial charge in [-0.2, -0.15) is 0 Å². The number of alkyl halides is 1. The predicted octanol–water partition coefficient (Wildman–Crippen LogP) is 4.26. The molecule has 172 valence electrons. The van der Waals surface area contributed by atoms with Gasteiger partial charge in [0, 0.05) is 31.4 Å². The van der Waals surface area contributed by atoms with Crippen molar-refractivity contribution in [3.05, 3.63) is 53.6 Å². The number of nitrogens with two attached hydrogens (primary N) is 1. The number of amides is 1. The Labute approximate surface area is 193 Å². The Morgan fingerprint density at radius 2 is 1.97 bits per heavy atom. The third kappa shape index (κ3) is 4.13. The quantitative estimate of drug-likeness (QED) is 0.604. The zero-order valence-corrected chi connectivity index (χ0v) is 18.8. The smallest absolute Gasteiger partial charge is 0.210 e. The number of halogens is 1. The molecule has 2 N–H and O–H groups in total. The molecule has 0 saturated carbocycles. The normalized spacial score (nSPS) is 21.4. The van der Waals surface area contributed by atoms with E-state index < -0.39 is 6.17 Å². The molecule has 2 unspecified atom stereocenters. The van der Waals surface area contributed by atoms with Crippen LogP contribution in [-0.2, 0) is 9.53 Å². The van der Waals surface area contributed by atoms with Gasteiger partial charge in [0.25, 0.3) is 0 Å². The maximum Gasteiger partial charge on any atom is 0.210 e. The van der Waals surface area contributed by atoms with E-state index in [9.17, 15) is 9.18 Å². The summed E-state index contributed by atoms with van der Waals surface area (Å²) in [5.74, 6) is 0.520. The Morgan fingerprint density at radius 1 is 1.15 bits per heavy atom. The summed E-state index contributed by atoms with van der Waals surface area (Å²) in [5.41, 5.74) is 12.2. The van der Waals surface area contributed by atoms with Gasteiger partial charge in [-0.25, -0.2) is 9.37 Å². The lowest BCUT2D eigenvalue weighted by Crippen LogP contribution is -2.36. The minimum Gasteiger partial charge on any atom is -0.382 e. The fourth-order valence-corrected chi connectivity index (χ4v) is 5.13. The minimum atomic E-state index is -0.903. The van der Waals surface area contributed by atoms with Crippen molar-refractivity contribution in [2.75, 3.05) is 43.5 Å². The van der Waals surface area contributed by atoms with Gasteiger partial charge in [-0.05, 0) is 53.8 Å². The van der Waals surface area contributed by atoms with Gasteiger partial charge in [-0.3, -0.25) is 4.79 Å². The molecule has 2 aromatic carbocycles. The van der Waals surface area contributed by atoms with Crippen LogP contribution in [0.25, 0.3) is 22.0 Å². The Balaban J connectivity index is 1.60. The van der Waals surface area contributed by atoms with Crippen LogP contribution in [0.3, 0.4) is 0 Å². The van der Waals surface area contributed by atoms with E-state index in [0.29, 0.717) is 38.4 Å². The summed E-state index contributed by atoms with van der Waals surface area (Å²) in [5, 5.41) is 0.997. The number of hydrogen-bond acceptors (Lipinski definition) is 5. The molecule has 1 amide bonds. The molecule has 2 aliphatic heterocycles. The highest BCUT2D eigenvalue weighted by Gasteiger charge is 2.31. The summed E-state index contributed by atoms with van der Waals surface area (Å²) >= 11 is 0. The van der Waals surface area contributed by atoms with E-state index in [4.69, 9.17) is 10.5 Å². The summed E-state index contributed by atoms with van der Waals surface area (Å²) in [6.45, 7) is 5.42. The van der Waals surface area contributed by atoms with E-state index >= 15 is 0 Å². The number of nitrogens with zero attached hydrogens (tertiary/aromatic N) is 3. The SMILES string of the molecule is Cc1cccc(C2CC(F)CCN2C=O)c1-c1ccc2nc(N)c(N3CCOCC3)cc2c1. The van der Waals surface area contributed by atoms with E-state index in [1.807, 2.05) is 24.3 Å². The second-order valence-electron chi connectivity index (χ2n) is 8.92. The first-order valence-corrected chi connectivity index (χ1v) is 11.5. The molecular formula is C26H29FN4O2. The summed E-state index contributed by atoms with van der Waals surface area (Å²) in [6, 6.07) is 14.0. The van der Waals surface area contributed by atoms with E-state index in [1.54, 1.807) is 4.90 Å². The van der Waals surface area contributed by atoms with Gasteiger partial charge in [-0.15, -0.1) is 0 Å². The number of pyridine rings is 1. The number of aromatic nitrogens is 1. The molecule has 3 aromatic rings. The van der Waals surface area contributed by atoms with Crippen molar-refractivity contribution in [3.8, 4) is 11.1 Å². The maximum absolute atomic E-state index is 14.4. The molecule has 5 rings (SSSR count). The highest BCUT2D eigenvalue weighted by Crippen LogP contribution is 2.40. The van der Waals surface area contributed by atoms with Crippen LogP contribution in [0.1, 0.15) is 30.0 Å². The van der Waals surface area contributed by atoms with E-state index in [0.717, 1.165) is 58.3 Å². The molecule has 2 atom stereocenters. The molecule has 2 fully saturated rings. The van der Waals surface area contributed by atoms with E-state index in [1.165, 1.54) is 0 Å². The largest absolute Gasteiger partial charge is 0.382 e. The summed E-state index contributed by atoms with van der Waals surface area (Å²) in [7, 11) is 0. The molecule has 2 saturated heterocycles. The number of carbonyl (C=O) groups excluding carboxylic acids is 1. The van der Waals surface area contributed by atoms with Crippen LogP contribution in [0.15, 0.2) is 42.5 Å². The number of morpholine rings is 1. The molecule has 0 spiro atoms. The Bertz CT molecular complexity index is 1180. The number of hydrogen-bond donors (Lipinski definition) is 1. The monoisotopic (exact) mass is 448 g/mol. The maximum atomic E-state index is 14.4. The number of rotatable bonds is 4. The van der Waals surface area contributed by atoms with Crippen molar-refractivity contribution >= 4 is 28.8 Å². The predicted molar refractivity (Wildman–Crippen MR) is 129 cm³/mol. The lowest BCUT2D eigenvalue weighted by Gasteiger charge is -2.36. The zero-order chi connectivity index (χ0) is 22.9. The molecule has 7 heteroatoms. The molecule has 0 aliphatic carbocycles. The highest BCUT2D eigenvalue weighted by atomic mass is 19.1. The average Bonchev–Trinajstić information content (AvgIpc) is 2.84. The number of fused-ring (bicyclic) bond motifs is 1. The number of benzene rings is 2. The van der Waals surface area contributed by atoms with Crippen LogP contribution in [0.5, 0.6) is 0 Å². The minimum absolute atomic E-state index is 0.273. The van der Waals surface area contributed by atoms with Gasteiger partial charge in [0.05, 0.1) is 30.5 Å². The second kappa shape index (κ2) is 8.98. The number of ether oxygens (including phenoxy) is 1. The van der Waals surface area contributed by atoms with Gasteiger partial charge in [0.15, 0.2) is 0 Å². The average molecular weight is 449 g/mol. The molecule has 3 heterocycles. The lowest BCUT2D eigenvalue weighted by molar-refractivity contribution is -0.122. The van der Waals surface area contributed by atoms with Crippen molar-refractivity contribution in [1.29, 1.82) is 0 Å². The van der Waals surface area contributed by atoms with Crippen LogP contribution in [0.4, 0.5) is 15.9 Å². The third-order valence-corrected chi connectivity index (χ3v) is 6.84. The van der Waals surface area contributed by atoms with Crippen LogP contribution in [-0.4, -0.2) is 55.3 Å². The van der Waals surface area contributed by atoms with Gasteiger partial charge >= 0.3 is 0 Å². The number of piperidine rings is 1. The van der Waals surface area contributed by atoms with Crippen LogP contribution in [0, 0.1) is 6.92 Å². The summed E-state index contributed by atoms with van der Waals surface area (Å²) < 4.78 is 19.8. The van der Waals surface area contributed by atoms with Gasteiger partial charge < -0.3 is 20.3 Å². The number of nitrogen functional groups attached to an aromatic ring is 1. The molecular weight excluding hydrogens is 419 g/mol. The number of aryl methyl sites for hydroxylation is 1. The van der Waals surface area contributed by atoms with Gasteiger partial charge in [0.1, 0.15) is 12.0 Å². The number of anilines is 2. The first kappa shape index (κ1) is 21.6. The molecule has 6 nitrogen and oxygen atoms in total. The molecule has 0 radical (unpaired) electrons. The van der Waals surface area contributed by atoms with Crippen molar-refractivity contribution in [1.82, 2.24) is 9.88 Å². The standard InChI is InChI=1S/C26H29FN4O2/c1-17-3-2-4-21(23-15-20(27)7-8-31(23)16-32)25(17)18-5-6-22-19(13-18)14-24(26(28)29-22)30-9-11-33-12-10-30/h2-6,13-14,16,20,23H,7-12,15H2,1H3,(H2,28,29). The van der Waals surface area contributed by atoms with Crippen molar-refractivity contribution in [2.45, 2.75) is 32.0 Å². The third-order valence-electron chi connectivity index (χ3n) is 6.84. The molecule has 2 aliphatic rings. The number of carbonyl (C=O) groups is 1. The Kier molecular flexibility index (Phi) is 5.89. The molecule has 33 heavy (non-hydrogen) atoms. The second-order valence-corrected chi connectivity index (χ2v) is 8.92. The lowest BCUT2D eigenvalue weighted by atomic mass is 9.86. The fourth-order valence-electron chi connectivity index (χ4n) is 5.13. The summed E-state index contributed by atoms with van der Waals surface area (Å²) in [4.78, 5) is 20.3. The van der Waals surface area contributed by atoms with Crippen molar-refractivity contribution in [2.24, 2.45) is 0 Å². The molecule has 0 bridgehead atoms. The topological polar surface area (TPSA) is 71.7 Å². The Morgan fingerprint density at radius 3 is 2.76 bits per heavy atom. The van der Waals surface area contributed by atoms with Crippen LogP contribution < -0.4 is 10.6 Å². The zero-order valence-electron chi connectivity index (χ0n) is 18.8. The number of likely N-dealkylation sites (tertiary alicyclic amines) is 1. The van der Waals surface area contributed by atoms with E-state index in [-0.39, 0.29) is 6.04 Å². The van der Waals surface area contributed by atoms with E-state index in [2.05, 4.69) is 35.0 Å². The molecule has 1 aromatic heterocycles. The van der Waals surface area contributed by atoms with Gasteiger partial charge in [-0.1, -0.05) is 24.3 Å². The van der Waals surface area contributed by atoms with Gasteiger partial charge in [0.2, 0.25) is 6.41 Å². The highest BCUT2D eigenvalue weighted by molar-refractivity contribution is 5.91. The first-order chi connectivity index (χ1) is 16.0. The Hall–Kier alpha value is -3.19. The summed E-state index contributed by atoms with van der Waals surface area (Å²) in [6.07, 6.45) is 0.662. The fraction of sp³-hybridized carbons (Fsp3) is 0.385. The van der Waals surface area contributed by atoms with Crippen molar-refractivity contribution in [3.63, 3.8) is 0 Å². The van der Waals surface area contributed by atoms with Crippen molar-refractivity contribution < 1.29 is 13.9 Å². The first-order valence-electron chi connectivity index (χ1n) is 11.5. The van der Waals surface area contributed by atoms with Crippen LogP contribution >= 0.6 is 0 Å².